The predicted octanol–water partition coefficient (Wildman–Crippen LogP) is 10.2. The SMILES string of the molecule is C=C(Nc1cc(C2C=CC(C)=C2)cc(C(F)(F)F)c1)c1ccc2c(c1)C(CC1=CC=C3C=NC=CC3C1)CC2CC. The number of allylic oxidation sites excluding steroid dienone is 9. The second-order valence-corrected chi connectivity index (χ2v) is 11.7. The zero-order valence-corrected chi connectivity index (χ0v) is 23.5. The number of benzene rings is 2. The molecular formula is C36H35F3N2. The van der Waals surface area contributed by atoms with Crippen molar-refractivity contribution in [1.82, 2.24) is 0 Å². The van der Waals surface area contributed by atoms with Gasteiger partial charge in [-0.1, -0.05) is 73.2 Å². The van der Waals surface area contributed by atoms with Crippen molar-refractivity contribution in [1.29, 1.82) is 0 Å². The lowest BCUT2D eigenvalue weighted by Crippen LogP contribution is -2.11. The van der Waals surface area contributed by atoms with Crippen molar-refractivity contribution in [3.05, 3.63) is 130 Å². The summed E-state index contributed by atoms with van der Waals surface area (Å²) in [5.74, 6) is 1.16. The Morgan fingerprint density at radius 2 is 1.90 bits per heavy atom. The maximum absolute atomic E-state index is 13.8. The molecule has 2 aromatic rings. The standard InChI is InChI=1S/C36H35F3N2/c1-4-25-16-31(15-24-6-8-29-21-40-12-11-28(29)14-24)35-19-26(9-10-34(25)35)23(3)41-33-18-30(27-7-5-22(2)13-27)17-32(20-33)36(37,38)39/h5-13,17-21,25,27-28,31,41H,3-4,14-16H2,1-2H3. The molecule has 41 heavy (non-hydrogen) atoms. The lowest BCUT2D eigenvalue weighted by atomic mass is 9.82. The van der Waals surface area contributed by atoms with Gasteiger partial charge in [0.25, 0.3) is 0 Å². The van der Waals surface area contributed by atoms with E-state index in [1.54, 1.807) is 6.07 Å². The molecule has 0 amide bonds. The Bertz CT molecular complexity index is 1560. The molecule has 0 spiro atoms. The summed E-state index contributed by atoms with van der Waals surface area (Å²) in [6.45, 7) is 8.44. The molecule has 2 nitrogen and oxygen atoms in total. The fourth-order valence-electron chi connectivity index (χ4n) is 6.72. The Morgan fingerprint density at radius 1 is 1.05 bits per heavy atom. The van der Waals surface area contributed by atoms with Gasteiger partial charge < -0.3 is 5.32 Å². The van der Waals surface area contributed by atoms with E-state index >= 15 is 0 Å². The van der Waals surface area contributed by atoms with Crippen molar-refractivity contribution in [2.75, 3.05) is 5.32 Å². The quantitative estimate of drug-likeness (QED) is 0.363. The molecule has 0 bridgehead atoms. The van der Waals surface area contributed by atoms with E-state index in [1.165, 1.54) is 34.4 Å². The topological polar surface area (TPSA) is 24.4 Å². The number of nitrogens with zero attached hydrogens (tertiary/aromatic N) is 1. The largest absolute Gasteiger partial charge is 0.416 e. The Balaban J connectivity index is 1.25. The summed E-state index contributed by atoms with van der Waals surface area (Å²) in [5.41, 5.74) is 8.37. The van der Waals surface area contributed by atoms with E-state index in [9.17, 15) is 13.2 Å². The average Bonchev–Trinajstić information content (AvgIpc) is 3.55. The number of hydrogen-bond donors (Lipinski definition) is 1. The number of halogens is 3. The smallest absolute Gasteiger partial charge is 0.356 e. The summed E-state index contributed by atoms with van der Waals surface area (Å²) in [6.07, 6.45) is 16.2. The van der Waals surface area contributed by atoms with Gasteiger partial charge in [-0.3, -0.25) is 4.99 Å². The van der Waals surface area contributed by atoms with Gasteiger partial charge in [-0.15, -0.1) is 0 Å². The Kier molecular flexibility index (Phi) is 7.23. The highest BCUT2D eigenvalue weighted by molar-refractivity contribution is 5.82. The normalized spacial score (nSPS) is 24.5. The van der Waals surface area contributed by atoms with Crippen LogP contribution in [0.2, 0.25) is 0 Å². The summed E-state index contributed by atoms with van der Waals surface area (Å²) in [5, 5.41) is 3.21. The highest BCUT2D eigenvalue weighted by Gasteiger charge is 2.33. The fraction of sp³-hybridized carbons (Fsp3) is 0.306. The van der Waals surface area contributed by atoms with Crippen molar-refractivity contribution in [2.45, 2.75) is 63.5 Å². The lowest BCUT2D eigenvalue weighted by molar-refractivity contribution is -0.137. The zero-order valence-electron chi connectivity index (χ0n) is 23.5. The molecule has 4 aliphatic rings. The van der Waals surface area contributed by atoms with E-state index in [0.29, 0.717) is 34.7 Å². The first kappa shape index (κ1) is 27.3. The van der Waals surface area contributed by atoms with Crippen molar-refractivity contribution in [2.24, 2.45) is 10.9 Å². The zero-order chi connectivity index (χ0) is 28.7. The molecule has 0 radical (unpaired) electrons. The Hall–Kier alpha value is -3.86. The van der Waals surface area contributed by atoms with Crippen LogP contribution in [0, 0.1) is 5.92 Å². The lowest BCUT2D eigenvalue weighted by Gasteiger charge is -2.24. The van der Waals surface area contributed by atoms with Crippen LogP contribution in [-0.2, 0) is 6.18 Å². The fourth-order valence-corrected chi connectivity index (χ4v) is 6.72. The third kappa shape index (κ3) is 5.68. The molecule has 3 aliphatic carbocycles. The van der Waals surface area contributed by atoms with Gasteiger partial charge >= 0.3 is 6.18 Å². The molecule has 1 N–H and O–H groups in total. The predicted molar refractivity (Wildman–Crippen MR) is 163 cm³/mol. The first-order valence-corrected chi connectivity index (χ1v) is 14.5. The summed E-state index contributed by atoms with van der Waals surface area (Å²) >= 11 is 0. The Labute approximate surface area is 240 Å². The molecule has 1 aliphatic heterocycles. The molecule has 0 aromatic heterocycles. The van der Waals surface area contributed by atoms with Crippen LogP contribution < -0.4 is 5.32 Å². The monoisotopic (exact) mass is 552 g/mol. The molecule has 5 heteroatoms. The highest BCUT2D eigenvalue weighted by atomic mass is 19.4. The molecule has 4 atom stereocenters. The van der Waals surface area contributed by atoms with Gasteiger partial charge in [0, 0.05) is 35.6 Å². The van der Waals surface area contributed by atoms with Crippen LogP contribution in [0.1, 0.15) is 85.1 Å². The van der Waals surface area contributed by atoms with Crippen LogP contribution in [0.4, 0.5) is 18.9 Å². The van der Waals surface area contributed by atoms with E-state index in [-0.39, 0.29) is 5.92 Å². The van der Waals surface area contributed by atoms with Crippen LogP contribution in [0.15, 0.2) is 107 Å². The van der Waals surface area contributed by atoms with E-state index < -0.39 is 11.7 Å². The van der Waals surface area contributed by atoms with Gasteiger partial charge in [-0.2, -0.15) is 13.2 Å². The van der Waals surface area contributed by atoms with Crippen LogP contribution in [0.5, 0.6) is 0 Å². The third-order valence-electron chi connectivity index (χ3n) is 8.91. The number of anilines is 1. The number of nitrogens with one attached hydrogen (secondary N) is 1. The van der Waals surface area contributed by atoms with E-state index in [0.717, 1.165) is 36.8 Å². The summed E-state index contributed by atoms with van der Waals surface area (Å²) < 4.78 is 41.5. The molecule has 6 rings (SSSR count). The van der Waals surface area contributed by atoms with E-state index in [4.69, 9.17) is 0 Å². The number of alkyl halides is 3. The molecule has 4 unspecified atom stereocenters. The van der Waals surface area contributed by atoms with Gasteiger partial charge in [0.15, 0.2) is 0 Å². The molecule has 0 fully saturated rings. The first-order chi connectivity index (χ1) is 19.7. The summed E-state index contributed by atoms with van der Waals surface area (Å²) in [4.78, 5) is 4.26. The van der Waals surface area contributed by atoms with Gasteiger partial charge in [0.1, 0.15) is 0 Å². The minimum Gasteiger partial charge on any atom is -0.356 e. The highest BCUT2D eigenvalue weighted by Crippen LogP contribution is 2.48. The van der Waals surface area contributed by atoms with E-state index in [1.807, 2.05) is 37.6 Å². The van der Waals surface area contributed by atoms with Crippen molar-refractivity contribution < 1.29 is 13.2 Å². The first-order valence-electron chi connectivity index (χ1n) is 14.5. The molecular weight excluding hydrogens is 517 g/mol. The maximum atomic E-state index is 13.8. The second kappa shape index (κ2) is 10.8. The van der Waals surface area contributed by atoms with Crippen LogP contribution in [0.3, 0.4) is 0 Å². The number of rotatable bonds is 7. The molecule has 0 saturated heterocycles. The summed E-state index contributed by atoms with van der Waals surface area (Å²) in [7, 11) is 0. The molecule has 210 valence electrons. The second-order valence-electron chi connectivity index (χ2n) is 11.7. The number of aliphatic imine (C=N–C) groups is 1. The van der Waals surface area contributed by atoms with Gasteiger partial charge in [0.05, 0.1) is 5.56 Å². The van der Waals surface area contributed by atoms with E-state index in [2.05, 4.69) is 60.2 Å². The van der Waals surface area contributed by atoms with Crippen LogP contribution in [0.25, 0.3) is 5.70 Å². The van der Waals surface area contributed by atoms with Crippen LogP contribution in [-0.4, -0.2) is 6.21 Å². The average molecular weight is 553 g/mol. The molecule has 2 aromatic carbocycles. The minimum atomic E-state index is -4.44. The van der Waals surface area contributed by atoms with Crippen molar-refractivity contribution in [3.63, 3.8) is 0 Å². The summed E-state index contributed by atoms with van der Waals surface area (Å²) in [6, 6.07) is 10.7. The van der Waals surface area contributed by atoms with Gasteiger partial charge in [0.2, 0.25) is 0 Å². The van der Waals surface area contributed by atoms with Gasteiger partial charge in [-0.05, 0) is 96.5 Å². The third-order valence-corrected chi connectivity index (χ3v) is 8.91. The van der Waals surface area contributed by atoms with Crippen molar-refractivity contribution in [3.8, 4) is 0 Å². The Morgan fingerprint density at radius 3 is 2.66 bits per heavy atom. The number of hydrogen-bond acceptors (Lipinski definition) is 2. The molecule has 1 heterocycles. The van der Waals surface area contributed by atoms with Gasteiger partial charge in [-0.25, -0.2) is 0 Å². The molecule has 0 saturated carbocycles. The van der Waals surface area contributed by atoms with Crippen LogP contribution >= 0.6 is 0 Å². The minimum absolute atomic E-state index is 0.172. The maximum Gasteiger partial charge on any atom is 0.416 e. The van der Waals surface area contributed by atoms with Crippen molar-refractivity contribution >= 4 is 17.6 Å². The number of fused-ring (bicyclic) bond motifs is 2.